The first-order chi connectivity index (χ1) is 9.52. The molecule has 6 nitrogen and oxygen atoms in total. The van der Waals surface area contributed by atoms with Gasteiger partial charge in [-0.2, -0.15) is 0 Å². The molecule has 0 bridgehead atoms. The minimum absolute atomic E-state index is 0.0142. The van der Waals surface area contributed by atoms with Crippen molar-refractivity contribution in [2.75, 3.05) is 20.1 Å². The third kappa shape index (κ3) is 3.80. The average Bonchev–Trinajstić information content (AvgIpc) is 2.82. The molecule has 0 aliphatic carbocycles. The third-order valence-corrected chi connectivity index (χ3v) is 4.02. The Hall–Kier alpha value is -1.40. The van der Waals surface area contributed by atoms with Crippen molar-refractivity contribution < 1.29 is 9.90 Å². The number of rotatable bonds is 5. The van der Waals surface area contributed by atoms with E-state index in [1.165, 1.54) is 0 Å². The molecule has 2 rings (SSSR count). The smallest absolute Gasteiger partial charge is 0.219 e. The van der Waals surface area contributed by atoms with E-state index in [9.17, 15) is 9.90 Å². The molecule has 2 heterocycles. The van der Waals surface area contributed by atoms with Gasteiger partial charge in [-0.15, -0.1) is 0 Å². The Balaban J connectivity index is 1.90. The Labute approximate surface area is 119 Å². The van der Waals surface area contributed by atoms with E-state index in [4.69, 9.17) is 0 Å². The normalized spacial score (nSPS) is 23.8. The number of aliphatic hydroxyl groups is 1. The predicted molar refractivity (Wildman–Crippen MR) is 76.0 cm³/mol. The van der Waals surface area contributed by atoms with Crippen molar-refractivity contribution in [1.29, 1.82) is 0 Å². The summed E-state index contributed by atoms with van der Waals surface area (Å²) in [6, 6.07) is 0. The highest BCUT2D eigenvalue weighted by atomic mass is 16.3. The lowest BCUT2D eigenvalue weighted by Gasteiger charge is -2.39. The highest BCUT2D eigenvalue weighted by Crippen LogP contribution is 2.26. The van der Waals surface area contributed by atoms with Gasteiger partial charge in [0.1, 0.15) is 5.82 Å². The van der Waals surface area contributed by atoms with Crippen LogP contribution >= 0.6 is 0 Å². The van der Waals surface area contributed by atoms with Gasteiger partial charge in [0.2, 0.25) is 5.91 Å². The van der Waals surface area contributed by atoms with Crippen molar-refractivity contribution in [2.24, 2.45) is 7.05 Å². The van der Waals surface area contributed by atoms with E-state index in [2.05, 4.69) is 15.2 Å². The number of nitrogens with one attached hydrogen (secondary N) is 1. The predicted octanol–water partition coefficient (Wildman–Crippen LogP) is 0.273. The van der Waals surface area contributed by atoms with Gasteiger partial charge in [-0.05, 0) is 25.8 Å². The van der Waals surface area contributed by atoms with Crippen LogP contribution in [0.3, 0.4) is 0 Å². The average molecular weight is 280 g/mol. The Morgan fingerprint density at radius 1 is 1.60 bits per heavy atom. The second kappa shape index (κ2) is 6.37. The topological polar surface area (TPSA) is 70.4 Å². The molecule has 112 valence electrons. The number of hydrogen-bond acceptors (Lipinski definition) is 4. The second-order valence-electron chi connectivity index (χ2n) is 5.67. The molecule has 0 radical (unpaired) electrons. The van der Waals surface area contributed by atoms with E-state index in [0.29, 0.717) is 19.4 Å². The maximum Gasteiger partial charge on any atom is 0.219 e. The molecule has 1 aliphatic heterocycles. The van der Waals surface area contributed by atoms with Crippen LogP contribution in [0.15, 0.2) is 12.4 Å². The number of aromatic nitrogens is 2. The van der Waals surface area contributed by atoms with Crippen LogP contribution in [0.5, 0.6) is 0 Å². The number of amides is 1. The first kappa shape index (κ1) is 15.0. The number of carbonyl (C=O) groups is 1. The van der Waals surface area contributed by atoms with Crippen molar-refractivity contribution in [3.8, 4) is 0 Å². The largest absolute Gasteiger partial charge is 0.389 e. The molecular formula is C14H24N4O2. The molecule has 0 spiro atoms. The number of hydrogen-bond donors (Lipinski definition) is 2. The third-order valence-electron chi connectivity index (χ3n) is 4.02. The number of likely N-dealkylation sites (tertiary alicyclic amines) is 1. The molecule has 6 heteroatoms. The Bertz CT molecular complexity index is 460. The SMILES string of the molecule is CNC(=O)CC[C@]1(O)CCCN(Cc2nccn2C)C1. The van der Waals surface area contributed by atoms with Crippen LogP contribution in [-0.4, -0.2) is 51.2 Å². The van der Waals surface area contributed by atoms with Crippen molar-refractivity contribution in [3.63, 3.8) is 0 Å². The molecule has 0 aromatic carbocycles. The van der Waals surface area contributed by atoms with Crippen LogP contribution in [0.2, 0.25) is 0 Å². The van der Waals surface area contributed by atoms with E-state index in [1.807, 2.05) is 17.8 Å². The molecule has 0 saturated carbocycles. The number of imidazole rings is 1. The number of β-amino-alcohol motifs (C(OH)–C–C–N with tert-alkyl or cyclic N) is 1. The van der Waals surface area contributed by atoms with Crippen LogP contribution in [-0.2, 0) is 18.4 Å². The summed E-state index contributed by atoms with van der Waals surface area (Å²) in [5.74, 6) is 0.986. The summed E-state index contributed by atoms with van der Waals surface area (Å²) >= 11 is 0. The van der Waals surface area contributed by atoms with Crippen LogP contribution in [0.1, 0.15) is 31.5 Å². The van der Waals surface area contributed by atoms with E-state index in [-0.39, 0.29) is 5.91 Å². The summed E-state index contributed by atoms with van der Waals surface area (Å²) in [6.07, 6.45) is 6.33. The molecule has 1 aromatic heterocycles. The number of carbonyl (C=O) groups excluding carboxylic acids is 1. The Morgan fingerprint density at radius 2 is 2.40 bits per heavy atom. The highest BCUT2D eigenvalue weighted by Gasteiger charge is 2.33. The molecule has 1 aliphatic rings. The second-order valence-corrected chi connectivity index (χ2v) is 5.67. The zero-order chi connectivity index (χ0) is 14.6. The zero-order valence-electron chi connectivity index (χ0n) is 12.3. The number of nitrogens with zero attached hydrogens (tertiary/aromatic N) is 3. The van der Waals surface area contributed by atoms with E-state index in [0.717, 1.165) is 31.8 Å². The molecule has 1 fully saturated rings. The van der Waals surface area contributed by atoms with Crippen LogP contribution in [0.25, 0.3) is 0 Å². The Morgan fingerprint density at radius 3 is 3.05 bits per heavy atom. The summed E-state index contributed by atoms with van der Waals surface area (Å²) < 4.78 is 2.00. The van der Waals surface area contributed by atoms with Gasteiger partial charge >= 0.3 is 0 Å². The summed E-state index contributed by atoms with van der Waals surface area (Å²) in [5, 5.41) is 13.2. The van der Waals surface area contributed by atoms with Gasteiger partial charge < -0.3 is 15.0 Å². The lowest BCUT2D eigenvalue weighted by atomic mass is 9.88. The fraction of sp³-hybridized carbons (Fsp3) is 0.714. The van der Waals surface area contributed by atoms with Gasteiger partial charge in [0.05, 0.1) is 12.1 Å². The molecule has 20 heavy (non-hydrogen) atoms. The minimum atomic E-state index is -0.754. The lowest BCUT2D eigenvalue weighted by molar-refractivity contribution is -0.122. The van der Waals surface area contributed by atoms with Gasteiger partial charge in [0, 0.05) is 39.5 Å². The highest BCUT2D eigenvalue weighted by molar-refractivity contribution is 5.75. The van der Waals surface area contributed by atoms with Crippen LogP contribution < -0.4 is 5.32 Å². The summed E-state index contributed by atoms with van der Waals surface area (Å²) in [7, 11) is 3.60. The molecule has 1 atom stereocenters. The van der Waals surface area contributed by atoms with Gasteiger partial charge in [-0.1, -0.05) is 0 Å². The fourth-order valence-electron chi connectivity index (χ4n) is 2.77. The van der Waals surface area contributed by atoms with Gasteiger partial charge in [-0.25, -0.2) is 4.98 Å². The van der Waals surface area contributed by atoms with E-state index >= 15 is 0 Å². The Kier molecular flexibility index (Phi) is 4.77. The monoisotopic (exact) mass is 280 g/mol. The van der Waals surface area contributed by atoms with Crippen LogP contribution in [0.4, 0.5) is 0 Å². The first-order valence-corrected chi connectivity index (χ1v) is 7.14. The van der Waals surface area contributed by atoms with Crippen molar-refractivity contribution in [3.05, 3.63) is 18.2 Å². The number of aryl methyl sites for hydroxylation is 1. The van der Waals surface area contributed by atoms with E-state index < -0.39 is 5.60 Å². The van der Waals surface area contributed by atoms with Crippen molar-refractivity contribution in [1.82, 2.24) is 19.8 Å². The fourth-order valence-corrected chi connectivity index (χ4v) is 2.77. The van der Waals surface area contributed by atoms with Crippen LogP contribution in [0, 0.1) is 0 Å². The van der Waals surface area contributed by atoms with Gasteiger partial charge in [0.25, 0.3) is 0 Å². The molecule has 0 unspecified atom stereocenters. The maximum absolute atomic E-state index is 11.3. The lowest BCUT2D eigenvalue weighted by Crippen LogP contribution is -2.48. The standard InChI is InChI=1S/C14H24N4O2/c1-15-13(19)4-6-14(20)5-3-8-18(11-14)10-12-16-7-9-17(12)2/h7,9,20H,3-6,8,10-11H2,1-2H3,(H,15,19)/t14-/m1/s1. The van der Waals surface area contributed by atoms with Crippen molar-refractivity contribution >= 4 is 5.91 Å². The quantitative estimate of drug-likeness (QED) is 0.812. The molecular weight excluding hydrogens is 256 g/mol. The summed E-state index contributed by atoms with van der Waals surface area (Å²) in [6.45, 7) is 2.32. The minimum Gasteiger partial charge on any atom is -0.389 e. The molecule has 1 saturated heterocycles. The summed E-state index contributed by atoms with van der Waals surface area (Å²) in [5.41, 5.74) is -0.754. The molecule has 1 amide bonds. The van der Waals surface area contributed by atoms with E-state index in [1.54, 1.807) is 13.2 Å². The van der Waals surface area contributed by atoms with Gasteiger partial charge in [0.15, 0.2) is 0 Å². The molecule has 2 N–H and O–H groups in total. The summed E-state index contributed by atoms with van der Waals surface area (Å²) in [4.78, 5) is 17.9. The number of piperidine rings is 1. The zero-order valence-corrected chi connectivity index (χ0v) is 12.3. The maximum atomic E-state index is 11.3. The molecule has 1 aromatic rings. The first-order valence-electron chi connectivity index (χ1n) is 7.14. The van der Waals surface area contributed by atoms with Gasteiger partial charge in [-0.3, -0.25) is 9.69 Å². The van der Waals surface area contributed by atoms with Crippen molar-refractivity contribution in [2.45, 2.75) is 37.8 Å².